The standard InChI is InChI=1S/C16H24N2O.ClH/c1-3-11-17-12(2)16(19)18-15-10-6-8-13-7-4-5-9-14(13)15;/h4-5,7,9,12,15,17H,3,6,8,10-11H2,1-2H3,(H,18,19);1H. The number of nitrogens with one attached hydrogen (secondary N) is 2. The fourth-order valence-electron chi connectivity index (χ4n) is 2.65. The Morgan fingerprint density at radius 1 is 1.40 bits per heavy atom. The zero-order valence-electron chi connectivity index (χ0n) is 12.3. The first-order valence-electron chi connectivity index (χ1n) is 7.34. The molecule has 0 bridgehead atoms. The quantitative estimate of drug-likeness (QED) is 0.877. The molecule has 0 radical (unpaired) electrons. The molecule has 1 aromatic rings. The van der Waals surface area contributed by atoms with Crippen LogP contribution in [0.15, 0.2) is 24.3 Å². The van der Waals surface area contributed by atoms with E-state index in [0.29, 0.717) is 0 Å². The van der Waals surface area contributed by atoms with E-state index < -0.39 is 0 Å². The molecule has 3 nitrogen and oxygen atoms in total. The van der Waals surface area contributed by atoms with E-state index in [0.717, 1.165) is 32.2 Å². The molecule has 112 valence electrons. The van der Waals surface area contributed by atoms with E-state index in [2.05, 4.69) is 41.8 Å². The van der Waals surface area contributed by atoms with Gasteiger partial charge in [0.25, 0.3) is 0 Å². The van der Waals surface area contributed by atoms with Gasteiger partial charge in [0.1, 0.15) is 0 Å². The summed E-state index contributed by atoms with van der Waals surface area (Å²) < 4.78 is 0. The minimum Gasteiger partial charge on any atom is -0.348 e. The second-order valence-corrected chi connectivity index (χ2v) is 5.33. The summed E-state index contributed by atoms with van der Waals surface area (Å²) in [4.78, 5) is 12.2. The van der Waals surface area contributed by atoms with Gasteiger partial charge in [-0.2, -0.15) is 0 Å². The van der Waals surface area contributed by atoms with Crippen LogP contribution < -0.4 is 10.6 Å². The number of rotatable bonds is 5. The Morgan fingerprint density at radius 2 is 2.15 bits per heavy atom. The molecule has 1 aliphatic carbocycles. The molecule has 0 saturated carbocycles. The van der Waals surface area contributed by atoms with Gasteiger partial charge < -0.3 is 10.6 Å². The van der Waals surface area contributed by atoms with Gasteiger partial charge in [-0.1, -0.05) is 31.2 Å². The third kappa shape index (κ3) is 4.22. The van der Waals surface area contributed by atoms with Crippen LogP contribution in [0.1, 0.15) is 50.3 Å². The summed E-state index contributed by atoms with van der Waals surface area (Å²) >= 11 is 0. The van der Waals surface area contributed by atoms with Crippen LogP contribution >= 0.6 is 12.4 Å². The smallest absolute Gasteiger partial charge is 0.237 e. The lowest BCUT2D eigenvalue weighted by Gasteiger charge is -2.27. The predicted molar refractivity (Wildman–Crippen MR) is 85.3 cm³/mol. The van der Waals surface area contributed by atoms with Crippen molar-refractivity contribution in [1.82, 2.24) is 10.6 Å². The molecule has 0 saturated heterocycles. The van der Waals surface area contributed by atoms with Gasteiger partial charge in [0.05, 0.1) is 12.1 Å². The van der Waals surface area contributed by atoms with Crippen LogP contribution in [0.3, 0.4) is 0 Å². The molecule has 0 spiro atoms. The average molecular weight is 297 g/mol. The van der Waals surface area contributed by atoms with Crippen LogP contribution in [0.5, 0.6) is 0 Å². The number of fused-ring (bicyclic) bond motifs is 1. The van der Waals surface area contributed by atoms with Gasteiger partial charge >= 0.3 is 0 Å². The molecule has 0 heterocycles. The fraction of sp³-hybridized carbons (Fsp3) is 0.562. The number of benzene rings is 1. The highest BCUT2D eigenvalue weighted by Crippen LogP contribution is 2.29. The van der Waals surface area contributed by atoms with Crippen LogP contribution in [0, 0.1) is 0 Å². The number of hydrogen-bond acceptors (Lipinski definition) is 2. The highest BCUT2D eigenvalue weighted by molar-refractivity contribution is 5.85. The Hall–Kier alpha value is -1.06. The molecule has 20 heavy (non-hydrogen) atoms. The third-order valence-electron chi connectivity index (χ3n) is 3.78. The van der Waals surface area contributed by atoms with Gasteiger partial charge in [0.2, 0.25) is 5.91 Å². The van der Waals surface area contributed by atoms with Crippen molar-refractivity contribution in [2.24, 2.45) is 0 Å². The summed E-state index contributed by atoms with van der Waals surface area (Å²) in [7, 11) is 0. The van der Waals surface area contributed by atoms with E-state index in [1.54, 1.807) is 0 Å². The van der Waals surface area contributed by atoms with Crippen molar-refractivity contribution in [3.63, 3.8) is 0 Å². The second-order valence-electron chi connectivity index (χ2n) is 5.33. The molecule has 4 heteroatoms. The van der Waals surface area contributed by atoms with Crippen molar-refractivity contribution in [3.05, 3.63) is 35.4 Å². The summed E-state index contributed by atoms with van der Waals surface area (Å²) in [5.74, 6) is 0.107. The number of amides is 1. The second kappa shape index (κ2) is 8.28. The van der Waals surface area contributed by atoms with Gasteiger partial charge in [-0.05, 0) is 50.3 Å². The van der Waals surface area contributed by atoms with Crippen molar-refractivity contribution < 1.29 is 4.79 Å². The number of carbonyl (C=O) groups is 1. The predicted octanol–water partition coefficient (Wildman–Crippen LogP) is 2.99. The first-order valence-corrected chi connectivity index (χ1v) is 7.34. The van der Waals surface area contributed by atoms with Gasteiger partial charge in [-0.15, -0.1) is 12.4 Å². The first kappa shape index (κ1) is 17.0. The lowest BCUT2D eigenvalue weighted by atomic mass is 9.87. The highest BCUT2D eigenvalue weighted by atomic mass is 35.5. The van der Waals surface area contributed by atoms with Crippen molar-refractivity contribution >= 4 is 18.3 Å². The van der Waals surface area contributed by atoms with Crippen molar-refractivity contribution in [3.8, 4) is 0 Å². The molecule has 0 fully saturated rings. The van der Waals surface area contributed by atoms with Crippen LogP contribution in [0.25, 0.3) is 0 Å². The normalized spacial score (nSPS) is 18.6. The largest absolute Gasteiger partial charge is 0.348 e. The molecule has 2 unspecified atom stereocenters. The Balaban J connectivity index is 0.00000200. The average Bonchev–Trinajstić information content (AvgIpc) is 2.45. The summed E-state index contributed by atoms with van der Waals surface area (Å²) in [6.07, 6.45) is 4.37. The minimum absolute atomic E-state index is 0. The maximum atomic E-state index is 12.2. The van der Waals surface area contributed by atoms with Crippen LogP contribution in [0.4, 0.5) is 0 Å². The summed E-state index contributed by atoms with van der Waals surface area (Å²) in [5, 5.41) is 6.42. The molecular weight excluding hydrogens is 272 g/mol. The molecule has 0 aromatic heterocycles. The van der Waals surface area contributed by atoms with E-state index in [1.165, 1.54) is 11.1 Å². The Morgan fingerprint density at radius 3 is 2.90 bits per heavy atom. The van der Waals surface area contributed by atoms with E-state index in [9.17, 15) is 4.79 Å². The Bertz CT molecular complexity index is 436. The zero-order chi connectivity index (χ0) is 13.7. The number of carbonyl (C=O) groups excluding carboxylic acids is 1. The maximum Gasteiger partial charge on any atom is 0.237 e. The summed E-state index contributed by atoms with van der Waals surface area (Å²) in [6.45, 7) is 4.92. The molecule has 1 aliphatic rings. The number of aryl methyl sites for hydroxylation is 1. The molecule has 2 N–H and O–H groups in total. The highest BCUT2D eigenvalue weighted by Gasteiger charge is 2.23. The lowest BCUT2D eigenvalue weighted by Crippen LogP contribution is -2.44. The summed E-state index contributed by atoms with van der Waals surface area (Å²) in [5.41, 5.74) is 2.68. The molecule has 1 aromatic carbocycles. The van der Waals surface area contributed by atoms with Crippen molar-refractivity contribution in [1.29, 1.82) is 0 Å². The Labute approximate surface area is 127 Å². The minimum atomic E-state index is -0.117. The van der Waals surface area contributed by atoms with Crippen molar-refractivity contribution in [2.75, 3.05) is 6.54 Å². The number of hydrogen-bond donors (Lipinski definition) is 2. The zero-order valence-corrected chi connectivity index (χ0v) is 13.1. The summed E-state index contributed by atoms with van der Waals surface area (Å²) in [6, 6.07) is 8.52. The fourth-order valence-corrected chi connectivity index (χ4v) is 2.65. The lowest BCUT2D eigenvalue weighted by molar-refractivity contribution is -0.123. The Kier molecular flexibility index (Phi) is 7.03. The van der Waals surface area contributed by atoms with Crippen molar-refractivity contribution in [2.45, 2.75) is 51.6 Å². The molecular formula is C16H25ClN2O. The first-order chi connectivity index (χ1) is 9.22. The SMILES string of the molecule is CCCNC(C)C(=O)NC1CCCc2ccccc21.Cl. The molecule has 0 aliphatic heterocycles. The van der Waals surface area contributed by atoms with E-state index in [4.69, 9.17) is 0 Å². The van der Waals surface area contributed by atoms with E-state index in [1.807, 2.05) is 6.92 Å². The topological polar surface area (TPSA) is 41.1 Å². The van der Waals surface area contributed by atoms with Gasteiger partial charge in [-0.3, -0.25) is 4.79 Å². The van der Waals surface area contributed by atoms with Crippen LogP contribution in [-0.4, -0.2) is 18.5 Å². The van der Waals surface area contributed by atoms with Gasteiger partial charge in [0.15, 0.2) is 0 Å². The van der Waals surface area contributed by atoms with Crippen LogP contribution in [-0.2, 0) is 11.2 Å². The monoisotopic (exact) mass is 296 g/mol. The molecule has 2 rings (SSSR count). The third-order valence-corrected chi connectivity index (χ3v) is 3.78. The van der Waals surface area contributed by atoms with Gasteiger partial charge in [0, 0.05) is 0 Å². The molecule has 1 amide bonds. The van der Waals surface area contributed by atoms with E-state index in [-0.39, 0.29) is 30.4 Å². The maximum absolute atomic E-state index is 12.2. The molecule has 2 atom stereocenters. The van der Waals surface area contributed by atoms with Crippen LogP contribution in [0.2, 0.25) is 0 Å². The van der Waals surface area contributed by atoms with Gasteiger partial charge in [-0.25, -0.2) is 0 Å². The number of halogens is 1. The van der Waals surface area contributed by atoms with E-state index >= 15 is 0 Å².